The highest BCUT2D eigenvalue weighted by atomic mass is 16.5. The summed E-state index contributed by atoms with van der Waals surface area (Å²) < 4.78 is 5.59. The molecule has 2 aromatic carbocycles. The highest BCUT2D eigenvalue weighted by Crippen LogP contribution is 2.19. The number of amides is 2. The Morgan fingerprint density at radius 1 is 1.13 bits per heavy atom. The van der Waals surface area contributed by atoms with Crippen molar-refractivity contribution in [3.05, 3.63) is 53.6 Å². The van der Waals surface area contributed by atoms with Crippen LogP contribution in [0.2, 0.25) is 0 Å². The Kier molecular flexibility index (Phi) is 5.86. The first-order valence-corrected chi connectivity index (χ1v) is 7.58. The molecule has 0 heterocycles. The molecule has 0 saturated heterocycles. The average Bonchev–Trinajstić information content (AvgIpc) is 2.51. The number of phenols is 1. The molecule has 0 spiro atoms. The van der Waals surface area contributed by atoms with E-state index in [0.717, 1.165) is 17.7 Å². The van der Waals surface area contributed by atoms with Gasteiger partial charge >= 0.3 is 6.03 Å². The van der Waals surface area contributed by atoms with Crippen LogP contribution < -0.4 is 15.4 Å². The maximum Gasteiger partial charge on any atom is 0.319 e. The van der Waals surface area contributed by atoms with Gasteiger partial charge < -0.3 is 20.5 Å². The lowest BCUT2D eigenvalue weighted by atomic mass is 10.2. The predicted octanol–water partition coefficient (Wildman–Crippen LogP) is 3.60. The number of carbonyl (C=O) groups is 1. The lowest BCUT2D eigenvalue weighted by molar-refractivity contribution is 0.250. The zero-order valence-electron chi connectivity index (χ0n) is 13.4. The smallest absolute Gasteiger partial charge is 0.319 e. The fourth-order valence-electron chi connectivity index (χ4n) is 2.05. The van der Waals surface area contributed by atoms with Crippen LogP contribution in [0.25, 0.3) is 0 Å². The van der Waals surface area contributed by atoms with Crippen molar-refractivity contribution >= 4 is 11.7 Å². The van der Waals surface area contributed by atoms with Gasteiger partial charge in [0.1, 0.15) is 11.5 Å². The molecule has 5 nitrogen and oxygen atoms in total. The predicted molar refractivity (Wildman–Crippen MR) is 91.2 cm³/mol. The van der Waals surface area contributed by atoms with Crippen LogP contribution in [0.15, 0.2) is 42.5 Å². The third kappa shape index (κ3) is 5.54. The number of anilines is 1. The molecular weight excluding hydrogens is 292 g/mol. The molecule has 0 aliphatic carbocycles. The number of carbonyl (C=O) groups excluding carboxylic acids is 1. The number of benzene rings is 2. The summed E-state index contributed by atoms with van der Waals surface area (Å²) in [5, 5.41) is 14.9. The van der Waals surface area contributed by atoms with E-state index in [0.29, 0.717) is 18.8 Å². The Morgan fingerprint density at radius 2 is 1.87 bits per heavy atom. The van der Waals surface area contributed by atoms with Crippen molar-refractivity contribution < 1.29 is 14.6 Å². The minimum atomic E-state index is -0.269. The van der Waals surface area contributed by atoms with E-state index in [9.17, 15) is 9.90 Å². The minimum Gasteiger partial charge on any atom is -0.508 e. The van der Waals surface area contributed by atoms with Crippen LogP contribution in [-0.2, 0) is 0 Å². The molecule has 0 aliphatic rings. The Bertz CT molecular complexity index is 654. The summed E-state index contributed by atoms with van der Waals surface area (Å²) in [4.78, 5) is 11.8. The van der Waals surface area contributed by atoms with Crippen molar-refractivity contribution in [1.82, 2.24) is 5.32 Å². The molecule has 122 valence electrons. The monoisotopic (exact) mass is 314 g/mol. The molecule has 0 aromatic heterocycles. The molecule has 0 unspecified atom stereocenters. The molecule has 0 bridgehead atoms. The third-order valence-electron chi connectivity index (χ3n) is 3.35. The van der Waals surface area contributed by atoms with Crippen molar-refractivity contribution in [2.75, 3.05) is 18.5 Å². The van der Waals surface area contributed by atoms with Crippen LogP contribution in [0.4, 0.5) is 10.5 Å². The maximum absolute atomic E-state index is 11.8. The SMILES string of the molecule is Cc1ccc(OCCCNC(=O)Nc2ccc(O)cc2C)cc1. The van der Waals surface area contributed by atoms with Gasteiger partial charge in [-0.1, -0.05) is 17.7 Å². The van der Waals surface area contributed by atoms with Gasteiger partial charge in [-0.2, -0.15) is 0 Å². The van der Waals surface area contributed by atoms with Crippen molar-refractivity contribution in [2.45, 2.75) is 20.3 Å². The molecule has 2 amide bonds. The fourth-order valence-corrected chi connectivity index (χ4v) is 2.05. The standard InChI is InChI=1S/C18H22N2O3/c1-13-4-7-16(8-5-13)23-11-3-10-19-18(22)20-17-9-6-15(21)12-14(17)2/h4-9,12,21H,3,10-11H2,1-2H3,(H2,19,20,22). The Labute approximate surface area is 136 Å². The van der Waals surface area contributed by atoms with Crippen molar-refractivity contribution in [3.8, 4) is 11.5 Å². The summed E-state index contributed by atoms with van der Waals surface area (Å²) in [5.74, 6) is 1.02. The van der Waals surface area contributed by atoms with Crippen molar-refractivity contribution in [1.29, 1.82) is 0 Å². The van der Waals surface area contributed by atoms with Gasteiger partial charge in [0, 0.05) is 12.2 Å². The molecule has 3 N–H and O–H groups in total. The van der Waals surface area contributed by atoms with E-state index in [1.807, 2.05) is 38.1 Å². The van der Waals surface area contributed by atoms with E-state index in [1.54, 1.807) is 12.1 Å². The van der Waals surface area contributed by atoms with E-state index in [1.165, 1.54) is 11.6 Å². The Hall–Kier alpha value is -2.69. The Balaban J connectivity index is 1.65. The highest BCUT2D eigenvalue weighted by Gasteiger charge is 2.04. The van der Waals surface area contributed by atoms with E-state index >= 15 is 0 Å². The topological polar surface area (TPSA) is 70.6 Å². The van der Waals surface area contributed by atoms with Crippen LogP contribution in [0.3, 0.4) is 0 Å². The van der Waals surface area contributed by atoms with Crippen LogP contribution in [0.1, 0.15) is 17.5 Å². The second-order valence-corrected chi connectivity index (χ2v) is 5.40. The lowest BCUT2D eigenvalue weighted by Gasteiger charge is -2.10. The third-order valence-corrected chi connectivity index (χ3v) is 3.35. The zero-order valence-corrected chi connectivity index (χ0v) is 13.4. The van der Waals surface area contributed by atoms with Gasteiger partial charge in [0.15, 0.2) is 0 Å². The van der Waals surface area contributed by atoms with E-state index in [4.69, 9.17) is 4.74 Å². The molecule has 0 radical (unpaired) electrons. The largest absolute Gasteiger partial charge is 0.508 e. The summed E-state index contributed by atoms with van der Waals surface area (Å²) in [5.41, 5.74) is 2.68. The molecule has 0 saturated carbocycles. The quantitative estimate of drug-likeness (QED) is 0.563. The van der Waals surface area contributed by atoms with Gasteiger partial charge in [0.25, 0.3) is 0 Å². The number of ether oxygens (including phenoxy) is 1. The van der Waals surface area contributed by atoms with Crippen LogP contribution in [0.5, 0.6) is 11.5 Å². The van der Waals surface area contributed by atoms with E-state index in [2.05, 4.69) is 10.6 Å². The first-order chi connectivity index (χ1) is 11.0. The molecule has 5 heteroatoms. The average molecular weight is 314 g/mol. The number of hydrogen-bond donors (Lipinski definition) is 3. The Morgan fingerprint density at radius 3 is 2.57 bits per heavy atom. The van der Waals surface area contributed by atoms with Crippen molar-refractivity contribution in [2.24, 2.45) is 0 Å². The molecular formula is C18H22N2O3. The summed E-state index contributed by atoms with van der Waals surface area (Å²) in [6.07, 6.45) is 0.718. The zero-order chi connectivity index (χ0) is 16.7. The van der Waals surface area contributed by atoms with Crippen LogP contribution in [-0.4, -0.2) is 24.3 Å². The van der Waals surface area contributed by atoms with Crippen molar-refractivity contribution in [3.63, 3.8) is 0 Å². The normalized spacial score (nSPS) is 10.2. The summed E-state index contributed by atoms with van der Waals surface area (Å²) in [6, 6.07) is 12.4. The summed E-state index contributed by atoms with van der Waals surface area (Å²) in [7, 11) is 0. The van der Waals surface area contributed by atoms with E-state index in [-0.39, 0.29) is 11.8 Å². The lowest BCUT2D eigenvalue weighted by Crippen LogP contribution is -2.30. The van der Waals surface area contributed by atoms with Gasteiger partial charge in [0.2, 0.25) is 0 Å². The highest BCUT2D eigenvalue weighted by molar-refractivity contribution is 5.90. The molecule has 0 fully saturated rings. The molecule has 0 atom stereocenters. The first kappa shape index (κ1) is 16.7. The number of rotatable bonds is 6. The maximum atomic E-state index is 11.8. The molecule has 0 aliphatic heterocycles. The molecule has 23 heavy (non-hydrogen) atoms. The van der Waals surface area contributed by atoms with Gasteiger partial charge in [0.05, 0.1) is 6.61 Å². The second-order valence-electron chi connectivity index (χ2n) is 5.40. The van der Waals surface area contributed by atoms with Crippen LogP contribution >= 0.6 is 0 Å². The van der Waals surface area contributed by atoms with Gasteiger partial charge in [-0.05, 0) is 56.2 Å². The van der Waals surface area contributed by atoms with Crippen LogP contribution in [0, 0.1) is 13.8 Å². The van der Waals surface area contributed by atoms with Gasteiger partial charge in [-0.15, -0.1) is 0 Å². The number of aromatic hydroxyl groups is 1. The van der Waals surface area contributed by atoms with E-state index < -0.39 is 0 Å². The molecule has 2 aromatic rings. The van der Waals surface area contributed by atoms with Gasteiger partial charge in [-0.3, -0.25) is 0 Å². The number of aryl methyl sites for hydroxylation is 2. The second kappa shape index (κ2) is 8.08. The number of nitrogens with one attached hydrogen (secondary N) is 2. The summed E-state index contributed by atoms with van der Waals surface area (Å²) in [6.45, 7) is 4.92. The number of hydrogen-bond acceptors (Lipinski definition) is 3. The number of phenolic OH excluding ortho intramolecular Hbond substituents is 1. The molecule has 2 rings (SSSR count). The first-order valence-electron chi connectivity index (χ1n) is 7.58. The fraction of sp³-hybridized carbons (Fsp3) is 0.278. The minimum absolute atomic E-state index is 0.182. The number of urea groups is 1. The summed E-state index contributed by atoms with van der Waals surface area (Å²) >= 11 is 0. The van der Waals surface area contributed by atoms with Gasteiger partial charge in [-0.25, -0.2) is 4.79 Å².